The second-order valence-electron chi connectivity index (χ2n) is 16.3. The first-order valence-electron chi connectivity index (χ1n) is 20.9. The molecule has 3 fully saturated rings. The molecule has 1 unspecified atom stereocenters. The van der Waals surface area contributed by atoms with E-state index in [1.165, 1.54) is 11.1 Å². The molecule has 18 heteroatoms. The van der Waals surface area contributed by atoms with Crippen LogP contribution in [0.4, 0.5) is 28.8 Å². The van der Waals surface area contributed by atoms with Crippen molar-refractivity contribution in [1.82, 2.24) is 30.0 Å². The van der Waals surface area contributed by atoms with Crippen molar-refractivity contribution in [2.75, 3.05) is 81.8 Å². The Morgan fingerprint density at radius 1 is 0.919 bits per heavy atom. The Labute approximate surface area is 365 Å². The third kappa shape index (κ3) is 9.37. The van der Waals surface area contributed by atoms with E-state index in [1.54, 1.807) is 38.6 Å². The Hall–Kier alpha value is -5.70. The standard InChI is InChI=1S/C44H51ClN9O7P/c1-60-37-25-29(11-12-33(37)48-44-46-26-32(45)41(50-44)47-34-8-4-5-10-38(34)62(2,3)59)51-18-15-28(16-19-51)52-20-22-53(23-21-52)40(56)17-24-61-36-9-6-7-30-31(36)27-54(43(30)58)35-13-14-39(55)49-42(35)57/h4-12,25-26,28,35H,13-24,27H2,1-3H3,(H,49,55,57)(H2,46,47,48,50). The summed E-state index contributed by atoms with van der Waals surface area (Å²) in [4.78, 5) is 67.8. The molecule has 5 heterocycles. The van der Waals surface area contributed by atoms with E-state index >= 15 is 0 Å². The van der Waals surface area contributed by atoms with Crippen molar-refractivity contribution >= 4 is 76.5 Å². The lowest BCUT2D eigenvalue weighted by atomic mass is 10.0. The number of piperazine rings is 1. The fourth-order valence-corrected chi connectivity index (χ4v) is 10.0. The zero-order chi connectivity index (χ0) is 43.5. The van der Waals surface area contributed by atoms with Crippen LogP contribution in [0.25, 0.3) is 0 Å². The lowest BCUT2D eigenvalue weighted by molar-refractivity contribution is -0.137. The number of para-hydroxylation sites is 1. The lowest BCUT2D eigenvalue weighted by Gasteiger charge is -2.43. The van der Waals surface area contributed by atoms with E-state index in [1.807, 2.05) is 41.3 Å². The van der Waals surface area contributed by atoms with Gasteiger partial charge in [-0.15, -0.1) is 0 Å². The second kappa shape index (κ2) is 18.3. The first-order valence-corrected chi connectivity index (χ1v) is 23.9. The molecular formula is C44H51ClN9O7P. The van der Waals surface area contributed by atoms with Crippen LogP contribution >= 0.6 is 18.7 Å². The lowest BCUT2D eigenvalue weighted by Crippen LogP contribution is -2.54. The van der Waals surface area contributed by atoms with E-state index in [0.717, 1.165) is 44.7 Å². The average Bonchev–Trinajstić information content (AvgIpc) is 3.61. The van der Waals surface area contributed by atoms with Crippen molar-refractivity contribution in [1.29, 1.82) is 0 Å². The summed E-state index contributed by atoms with van der Waals surface area (Å²) in [7, 11) is -0.930. The highest BCUT2D eigenvalue weighted by molar-refractivity contribution is 7.70. The summed E-state index contributed by atoms with van der Waals surface area (Å²) in [5.74, 6) is 0.871. The van der Waals surface area contributed by atoms with Crippen molar-refractivity contribution in [3.8, 4) is 11.5 Å². The second-order valence-corrected chi connectivity index (χ2v) is 19.9. The number of carbonyl (C=O) groups is 4. The molecule has 1 atom stereocenters. The summed E-state index contributed by atoms with van der Waals surface area (Å²) in [6.07, 6.45) is 4.21. The molecular weight excluding hydrogens is 833 g/mol. The number of nitrogens with zero attached hydrogens (tertiary/aromatic N) is 6. The summed E-state index contributed by atoms with van der Waals surface area (Å²) >= 11 is 6.48. The smallest absolute Gasteiger partial charge is 0.255 e. The molecule has 0 spiro atoms. The van der Waals surface area contributed by atoms with Crippen LogP contribution in [-0.2, 0) is 25.5 Å². The van der Waals surface area contributed by atoms with Gasteiger partial charge in [-0.1, -0.05) is 29.8 Å². The molecule has 4 aliphatic rings. The number of imide groups is 1. The van der Waals surface area contributed by atoms with Crippen LogP contribution in [0.2, 0.25) is 5.02 Å². The number of anilines is 5. The van der Waals surface area contributed by atoms with Crippen LogP contribution in [0.15, 0.2) is 66.9 Å². The largest absolute Gasteiger partial charge is 0.494 e. The average molecular weight is 884 g/mol. The number of benzene rings is 3. The minimum absolute atomic E-state index is 0.0340. The van der Waals surface area contributed by atoms with E-state index in [4.69, 9.17) is 21.1 Å². The maximum atomic E-state index is 13.2. The molecule has 3 saturated heterocycles. The number of hydrogen-bond donors (Lipinski definition) is 3. The van der Waals surface area contributed by atoms with Crippen molar-refractivity contribution in [2.24, 2.45) is 0 Å². The number of fused-ring (bicyclic) bond motifs is 1. The summed E-state index contributed by atoms with van der Waals surface area (Å²) < 4.78 is 24.8. The van der Waals surface area contributed by atoms with Crippen LogP contribution in [0, 0.1) is 0 Å². The van der Waals surface area contributed by atoms with Gasteiger partial charge in [-0.3, -0.25) is 29.4 Å². The van der Waals surface area contributed by atoms with Crippen LogP contribution in [0.5, 0.6) is 11.5 Å². The van der Waals surface area contributed by atoms with Crippen LogP contribution in [-0.4, -0.2) is 127 Å². The highest BCUT2D eigenvalue weighted by Crippen LogP contribution is 2.39. The van der Waals surface area contributed by atoms with E-state index in [2.05, 4.69) is 41.8 Å². The third-order valence-corrected chi connectivity index (χ3v) is 13.9. The predicted octanol–water partition coefficient (Wildman–Crippen LogP) is 5.22. The number of piperidine rings is 2. The summed E-state index contributed by atoms with van der Waals surface area (Å²) in [6, 6.07) is 18.4. The van der Waals surface area contributed by atoms with Crippen molar-refractivity contribution < 1.29 is 33.2 Å². The molecule has 3 aromatic carbocycles. The molecule has 0 saturated carbocycles. The SMILES string of the molecule is COc1cc(N2CCC(N3CCN(C(=O)CCOc4cccc5c4CN(C4CCC(=O)NC4=O)C5=O)CC3)CC2)ccc1Nc1ncc(Cl)c(Nc2ccccc2P(C)(C)=O)n1. The number of rotatable bonds is 13. The summed E-state index contributed by atoms with van der Waals surface area (Å²) in [5.41, 5.74) is 3.60. The van der Waals surface area contributed by atoms with Gasteiger partial charge in [0, 0.05) is 79.9 Å². The van der Waals surface area contributed by atoms with E-state index < -0.39 is 19.1 Å². The summed E-state index contributed by atoms with van der Waals surface area (Å²) in [5, 5.41) is 9.86. The van der Waals surface area contributed by atoms with Gasteiger partial charge in [0.2, 0.25) is 23.7 Å². The van der Waals surface area contributed by atoms with Gasteiger partial charge in [0.25, 0.3) is 5.91 Å². The zero-order valence-corrected chi connectivity index (χ0v) is 36.7. The number of amides is 4. The first kappa shape index (κ1) is 43.0. The maximum Gasteiger partial charge on any atom is 0.255 e. The fraction of sp³-hybridized carbons (Fsp3) is 0.409. The Bertz CT molecular complexity index is 2420. The molecule has 326 valence electrons. The minimum atomic E-state index is -2.56. The van der Waals surface area contributed by atoms with Gasteiger partial charge in [0.1, 0.15) is 29.7 Å². The van der Waals surface area contributed by atoms with Gasteiger partial charge < -0.3 is 39.4 Å². The quantitative estimate of drug-likeness (QED) is 0.118. The third-order valence-electron chi connectivity index (χ3n) is 12.0. The van der Waals surface area contributed by atoms with Crippen molar-refractivity contribution in [3.63, 3.8) is 0 Å². The normalized spacial score (nSPS) is 18.7. The van der Waals surface area contributed by atoms with Gasteiger partial charge in [0.15, 0.2) is 5.82 Å². The van der Waals surface area contributed by atoms with Gasteiger partial charge in [0.05, 0.1) is 44.3 Å². The molecule has 3 N–H and O–H groups in total. The topological polar surface area (TPSA) is 179 Å². The Kier molecular flexibility index (Phi) is 12.7. The van der Waals surface area contributed by atoms with Crippen molar-refractivity contribution in [2.45, 2.75) is 50.7 Å². The maximum absolute atomic E-state index is 13.2. The Morgan fingerprint density at radius 3 is 2.44 bits per heavy atom. The molecule has 4 amide bonds. The molecule has 16 nitrogen and oxygen atoms in total. The molecule has 4 aliphatic heterocycles. The fourth-order valence-electron chi connectivity index (χ4n) is 8.72. The molecule has 1 aromatic heterocycles. The van der Waals surface area contributed by atoms with Gasteiger partial charge >= 0.3 is 0 Å². The minimum Gasteiger partial charge on any atom is -0.494 e. The number of methoxy groups -OCH3 is 1. The van der Waals surface area contributed by atoms with E-state index in [-0.39, 0.29) is 50.1 Å². The van der Waals surface area contributed by atoms with Crippen molar-refractivity contribution in [3.05, 3.63) is 83.0 Å². The van der Waals surface area contributed by atoms with Gasteiger partial charge in [-0.2, -0.15) is 4.98 Å². The van der Waals surface area contributed by atoms with Crippen LogP contribution in [0.1, 0.15) is 48.0 Å². The Morgan fingerprint density at radius 2 is 1.69 bits per heavy atom. The predicted molar refractivity (Wildman–Crippen MR) is 238 cm³/mol. The van der Waals surface area contributed by atoms with Crippen LogP contribution < -0.4 is 35.6 Å². The monoisotopic (exact) mass is 883 g/mol. The molecule has 62 heavy (non-hydrogen) atoms. The van der Waals surface area contributed by atoms with E-state index in [0.29, 0.717) is 75.2 Å². The Balaban J connectivity index is 0.794. The molecule has 8 rings (SSSR count). The number of halogens is 1. The highest BCUT2D eigenvalue weighted by Gasteiger charge is 2.40. The molecule has 0 bridgehead atoms. The van der Waals surface area contributed by atoms with E-state index in [9.17, 15) is 23.7 Å². The molecule has 0 radical (unpaired) electrons. The summed E-state index contributed by atoms with van der Waals surface area (Å²) in [6.45, 7) is 8.54. The first-order chi connectivity index (χ1) is 29.9. The number of nitrogens with one attached hydrogen (secondary N) is 3. The molecule has 4 aromatic rings. The number of hydrogen-bond acceptors (Lipinski definition) is 13. The zero-order valence-electron chi connectivity index (χ0n) is 35.1. The van der Waals surface area contributed by atoms with Gasteiger partial charge in [-0.05, 0) is 69.0 Å². The number of aromatic nitrogens is 2. The molecule has 0 aliphatic carbocycles. The number of ether oxygens (including phenoxy) is 2. The van der Waals surface area contributed by atoms with Gasteiger partial charge in [-0.25, -0.2) is 4.98 Å². The van der Waals surface area contributed by atoms with Crippen LogP contribution in [0.3, 0.4) is 0 Å². The number of carbonyl (C=O) groups excluding carboxylic acids is 4. The highest BCUT2D eigenvalue weighted by atomic mass is 35.5.